The Morgan fingerprint density at radius 2 is 2.00 bits per heavy atom. The van der Waals surface area contributed by atoms with Crippen LogP contribution < -0.4 is 10.5 Å². The molecule has 8 heteroatoms. The van der Waals surface area contributed by atoms with Crippen LogP contribution in [0.1, 0.15) is 36.5 Å². The van der Waals surface area contributed by atoms with Crippen molar-refractivity contribution in [1.82, 2.24) is 5.32 Å². The highest BCUT2D eigenvalue weighted by Crippen LogP contribution is 2.33. The van der Waals surface area contributed by atoms with E-state index in [2.05, 4.69) is 5.32 Å². The van der Waals surface area contributed by atoms with Crippen molar-refractivity contribution in [2.75, 3.05) is 0 Å². The minimum Gasteiger partial charge on any atom is -0.350 e. The molecule has 0 aromatic heterocycles. The summed E-state index contributed by atoms with van der Waals surface area (Å²) in [5.74, 6) is 0.232. The molecular formula is C13H16Cl2N2O3S. The lowest BCUT2D eigenvalue weighted by Crippen LogP contribution is -2.33. The molecule has 116 valence electrons. The smallest absolute Gasteiger partial charge is 0.253 e. The Kier molecular flexibility index (Phi) is 4.82. The van der Waals surface area contributed by atoms with Gasteiger partial charge >= 0.3 is 0 Å². The van der Waals surface area contributed by atoms with Crippen LogP contribution in [0.15, 0.2) is 17.0 Å². The van der Waals surface area contributed by atoms with Gasteiger partial charge in [0.05, 0.1) is 15.6 Å². The molecule has 3 N–H and O–H groups in total. The Bertz CT molecular complexity index is 672. The van der Waals surface area contributed by atoms with Gasteiger partial charge in [-0.1, -0.05) is 36.0 Å². The molecule has 21 heavy (non-hydrogen) atoms. The van der Waals surface area contributed by atoms with Crippen molar-refractivity contribution >= 4 is 39.1 Å². The fourth-order valence-electron chi connectivity index (χ4n) is 2.14. The van der Waals surface area contributed by atoms with Crippen molar-refractivity contribution in [3.05, 3.63) is 27.7 Å². The first-order valence-corrected chi connectivity index (χ1v) is 8.81. The van der Waals surface area contributed by atoms with E-state index in [1.165, 1.54) is 18.9 Å². The molecule has 1 aliphatic rings. The van der Waals surface area contributed by atoms with Gasteiger partial charge in [-0.2, -0.15) is 0 Å². The number of benzene rings is 1. The summed E-state index contributed by atoms with van der Waals surface area (Å²) in [5.41, 5.74) is 0.0488. The second-order valence-electron chi connectivity index (χ2n) is 5.36. The lowest BCUT2D eigenvalue weighted by atomic mass is 10.1. The predicted molar refractivity (Wildman–Crippen MR) is 82.1 cm³/mol. The maximum atomic E-state index is 12.2. The van der Waals surface area contributed by atoms with Crippen molar-refractivity contribution < 1.29 is 13.2 Å². The molecule has 5 nitrogen and oxygen atoms in total. The minimum absolute atomic E-state index is 0.00493. The fourth-order valence-corrected chi connectivity index (χ4v) is 3.54. The number of carbonyl (C=O) groups is 1. The number of halogens is 2. The highest BCUT2D eigenvalue weighted by Gasteiger charge is 2.25. The fraction of sp³-hybridized carbons (Fsp3) is 0.462. The van der Waals surface area contributed by atoms with Crippen molar-refractivity contribution in [1.29, 1.82) is 0 Å². The maximum absolute atomic E-state index is 12.2. The van der Waals surface area contributed by atoms with Crippen LogP contribution in [-0.2, 0) is 10.0 Å². The summed E-state index contributed by atoms with van der Waals surface area (Å²) in [6.07, 6.45) is 3.29. The number of sulfonamides is 1. The van der Waals surface area contributed by atoms with Gasteiger partial charge in [-0.05, 0) is 31.4 Å². The van der Waals surface area contributed by atoms with Crippen LogP contribution in [0, 0.1) is 5.92 Å². The van der Waals surface area contributed by atoms with Crippen molar-refractivity contribution in [2.45, 2.75) is 37.1 Å². The Morgan fingerprint density at radius 3 is 2.52 bits per heavy atom. The molecule has 1 aliphatic carbocycles. The normalized spacial score (nSPS) is 16.6. The molecule has 1 aromatic rings. The molecule has 0 radical (unpaired) electrons. The van der Waals surface area contributed by atoms with E-state index in [1.807, 2.05) is 6.92 Å². The van der Waals surface area contributed by atoms with E-state index in [1.54, 1.807) is 0 Å². The zero-order valence-electron chi connectivity index (χ0n) is 11.4. The quantitative estimate of drug-likeness (QED) is 0.854. The van der Waals surface area contributed by atoms with Crippen LogP contribution >= 0.6 is 23.2 Å². The van der Waals surface area contributed by atoms with E-state index in [4.69, 9.17) is 28.3 Å². The first-order valence-electron chi connectivity index (χ1n) is 6.51. The van der Waals surface area contributed by atoms with Gasteiger partial charge in [-0.15, -0.1) is 0 Å². The number of primary sulfonamides is 1. The summed E-state index contributed by atoms with van der Waals surface area (Å²) < 4.78 is 22.9. The van der Waals surface area contributed by atoms with Gasteiger partial charge in [0.25, 0.3) is 5.91 Å². The van der Waals surface area contributed by atoms with Crippen LogP contribution in [0.3, 0.4) is 0 Å². The van der Waals surface area contributed by atoms with Crippen molar-refractivity contribution in [3.63, 3.8) is 0 Å². The molecule has 0 bridgehead atoms. The molecule has 0 saturated heterocycles. The number of rotatable bonds is 5. The summed E-state index contributed by atoms with van der Waals surface area (Å²) in [6, 6.07) is 2.32. The summed E-state index contributed by atoms with van der Waals surface area (Å²) in [6.45, 7) is 1.90. The van der Waals surface area contributed by atoms with Crippen LogP contribution in [0.2, 0.25) is 10.0 Å². The average Bonchev–Trinajstić information content (AvgIpc) is 3.10. The average molecular weight is 351 g/mol. The monoisotopic (exact) mass is 350 g/mol. The highest BCUT2D eigenvalue weighted by molar-refractivity contribution is 7.89. The standard InChI is InChI=1S/C13H16Cl2N2O3S/c1-7(4-8-2-3-8)17-13(18)9-5-12(21(16,19)20)11(15)6-10(9)14/h5-8H,2-4H2,1H3,(H,17,18)(H2,16,19,20). The SMILES string of the molecule is CC(CC1CC1)NC(=O)c1cc(S(N)(=O)=O)c(Cl)cc1Cl. The third-order valence-electron chi connectivity index (χ3n) is 3.33. The Balaban J connectivity index is 2.23. The molecule has 1 amide bonds. The van der Waals surface area contributed by atoms with Crippen molar-refractivity contribution in [2.24, 2.45) is 11.1 Å². The van der Waals surface area contributed by atoms with Gasteiger partial charge in [0.2, 0.25) is 10.0 Å². The van der Waals surface area contributed by atoms with E-state index in [0.29, 0.717) is 5.92 Å². The number of nitrogens with two attached hydrogens (primary N) is 1. The van der Waals surface area contributed by atoms with Crippen LogP contribution in [0.5, 0.6) is 0 Å². The summed E-state index contributed by atoms with van der Waals surface area (Å²) in [4.78, 5) is 11.9. The maximum Gasteiger partial charge on any atom is 0.253 e. The second-order valence-corrected chi connectivity index (χ2v) is 7.71. The van der Waals surface area contributed by atoms with Crippen LogP contribution in [0.25, 0.3) is 0 Å². The second kappa shape index (κ2) is 6.12. The molecule has 2 rings (SSSR count). The van der Waals surface area contributed by atoms with Gasteiger partial charge in [-0.3, -0.25) is 4.79 Å². The number of nitrogens with one attached hydrogen (secondary N) is 1. The van der Waals surface area contributed by atoms with E-state index < -0.39 is 15.9 Å². The molecule has 1 atom stereocenters. The zero-order valence-corrected chi connectivity index (χ0v) is 13.7. The molecule has 1 fully saturated rings. The molecule has 1 aromatic carbocycles. The van der Waals surface area contributed by atoms with Gasteiger partial charge in [-0.25, -0.2) is 13.6 Å². The van der Waals surface area contributed by atoms with E-state index in [0.717, 1.165) is 12.5 Å². The van der Waals surface area contributed by atoms with E-state index in [9.17, 15) is 13.2 Å². The highest BCUT2D eigenvalue weighted by atomic mass is 35.5. The lowest BCUT2D eigenvalue weighted by Gasteiger charge is -2.15. The molecule has 0 aliphatic heterocycles. The first kappa shape index (κ1) is 16.5. The van der Waals surface area contributed by atoms with Gasteiger partial charge in [0, 0.05) is 6.04 Å². The van der Waals surface area contributed by atoms with Crippen LogP contribution in [0.4, 0.5) is 0 Å². The van der Waals surface area contributed by atoms with Crippen molar-refractivity contribution in [3.8, 4) is 0 Å². The van der Waals surface area contributed by atoms with E-state index >= 15 is 0 Å². The number of hydrogen-bond acceptors (Lipinski definition) is 3. The number of carbonyl (C=O) groups excluding carboxylic acids is 1. The lowest BCUT2D eigenvalue weighted by molar-refractivity contribution is 0.0937. The van der Waals surface area contributed by atoms with Gasteiger partial charge in [0.1, 0.15) is 4.90 Å². The van der Waals surface area contributed by atoms with E-state index in [-0.39, 0.29) is 26.5 Å². The van der Waals surface area contributed by atoms with Crippen LogP contribution in [-0.4, -0.2) is 20.4 Å². The largest absolute Gasteiger partial charge is 0.350 e. The minimum atomic E-state index is -4.01. The molecule has 0 heterocycles. The Morgan fingerprint density at radius 1 is 1.38 bits per heavy atom. The molecule has 1 unspecified atom stereocenters. The Labute approximate surface area is 133 Å². The number of hydrogen-bond donors (Lipinski definition) is 2. The summed E-state index contributed by atoms with van der Waals surface area (Å²) in [7, 11) is -4.01. The summed E-state index contributed by atoms with van der Waals surface area (Å²) >= 11 is 11.8. The number of amides is 1. The predicted octanol–water partition coefficient (Wildman–Crippen LogP) is 2.56. The third kappa shape index (κ3) is 4.32. The topological polar surface area (TPSA) is 89.3 Å². The summed E-state index contributed by atoms with van der Waals surface area (Å²) in [5, 5.41) is 7.85. The van der Waals surface area contributed by atoms with Gasteiger partial charge < -0.3 is 5.32 Å². The van der Waals surface area contributed by atoms with Gasteiger partial charge in [0.15, 0.2) is 0 Å². The first-order chi connectivity index (χ1) is 9.68. The molecule has 1 saturated carbocycles. The zero-order chi connectivity index (χ0) is 15.8. The molecular weight excluding hydrogens is 335 g/mol. The molecule has 0 spiro atoms. The Hall–Kier alpha value is -0.820. The third-order valence-corrected chi connectivity index (χ3v) is 5.02.